The lowest BCUT2D eigenvalue weighted by Gasteiger charge is -2.35. The summed E-state index contributed by atoms with van der Waals surface area (Å²) in [5, 5.41) is 3.04. The molecule has 7 nitrogen and oxygen atoms in total. The highest BCUT2D eigenvalue weighted by Crippen LogP contribution is 2.27. The molecule has 1 saturated carbocycles. The van der Waals surface area contributed by atoms with Crippen LogP contribution < -0.4 is 5.32 Å². The van der Waals surface area contributed by atoms with Crippen molar-refractivity contribution in [2.75, 3.05) is 39.9 Å². The minimum atomic E-state index is -3.65. The predicted molar refractivity (Wildman–Crippen MR) is 132 cm³/mol. The van der Waals surface area contributed by atoms with Gasteiger partial charge >= 0.3 is 0 Å². The predicted octanol–water partition coefficient (Wildman–Crippen LogP) is 3.44. The molecule has 1 aliphatic heterocycles. The summed E-state index contributed by atoms with van der Waals surface area (Å²) < 4.78 is 33.5. The normalized spacial score (nSPS) is 19.1. The molecule has 1 aliphatic carbocycles. The zero-order valence-corrected chi connectivity index (χ0v) is 20.7. The van der Waals surface area contributed by atoms with Gasteiger partial charge in [-0.05, 0) is 36.6 Å². The number of carbonyl (C=O) groups excluding carboxylic acids is 1. The molecule has 1 atom stereocenters. The van der Waals surface area contributed by atoms with E-state index < -0.39 is 10.0 Å². The van der Waals surface area contributed by atoms with Crippen molar-refractivity contribution in [2.24, 2.45) is 0 Å². The summed E-state index contributed by atoms with van der Waals surface area (Å²) in [6.45, 7) is 3.38. The van der Waals surface area contributed by atoms with Gasteiger partial charge in [0.25, 0.3) is 5.91 Å². The molecule has 2 fully saturated rings. The number of ether oxygens (including phenoxy) is 1. The van der Waals surface area contributed by atoms with E-state index in [0.717, 1.165) is 50.8 Å². The maximum atomic E-state index is 13.2. The average Bonchev–Trinajstić information content (AvgIpc) is 2.90. The van der Waals surface area contributed by atoms with Crippen LogP contribution in [0.15, 0.2) is 59.5 Å². The van der Waals surface area contributed by atoms with Crippen LogP contribution in [0.2, 0.25) is 0 Å². The van der Waals surface area contributed by atoms with Gasteiger partial charge in [0.05, 0.1) is 24.2 Å². The molecule has 184 valence electrons. The fraction of sp³-hybridized carbons (Fsp3) is 0.500. The molecule has 0 bridgehead atoms. The average molecular weight is 486 g/mol. The monoisotopic (exact) mass is 485 g/mol. The fourth-order valence-corrected chi connectivity index (χ4v) is 6.38. The van der Waals surface area contributed by atoms with Crippen LogP contribution in [-0.2, 0) is 14.8 Å². The van der Waals surface area contributed by atoms with Gasteiger partial charge in [-0.15, -0.1) is 0 Å². The summed E-state index contributed by atoms with van der Waals surface area (Å²) >= 11 is 0. The Kier molecular flexibility index (Phi) is 8.37. The third kappa shape index (κ3) is 5.86. The standard InChI is InChI=1S/C26H35N3O4S/c1-28(23-12-6-3-7-13-23)34(31,32)24-14-8-11-22(19-24)26(30)27-20-25(21-9-4-2-5-10-21)29-15-17-33-18-16-29/h2,4-5,8-11,14,19,23,25H,3,6-7,12-13,15-18,20H2,1H3,(H,27,30). The number of rotatable bonds is 8. The Balaban J connectivity index is 1.47. The van der Waals surface area contributed by atoms with Crippen LogP contribution in [0.3, 0.4) is 0 Å². The Morgan fingerprint density at radius 3 is 2.47 bits per heavy atom. The molecule has 2 aromatic carbocycles. The van der Waals surface area contributed by atoms with Gasteiger partial charge in [0, 0.05) is 38.3 Å². The smallest absolute Gasteiger partial charge is 0.251 e. The molecule has 1 saturated heterocycles. The minimum Gasteiger partial charge on any atom is -0.379 e. The first kappa shape index (κ1) is 24.9. The first-order valence-electron chi connectivity index (χ1n) is 12.2. The van der Waals surface area contributed by atoms with Gasteiger partial charge in [-0.1, -0.05) is 55.7 Å². The molecular weight excluding hydrogens is 450 g/mol. The van der Waals surface area contributed by atoms with Gasteiger partial charge in [0.15, 0.2) is 0 Å². The minimum absolute atomic E-state index is 0.0244. The third-order valence-corrected chi connectivity index (χ3v) is 8.89. The van der Waals surface area contributed by atoms with Crippen molar-refractivity contribution in [3.63, 3.8) is 0 Å². The molecule has 34 heavy (non-hydrogen) atoms. The summed E-state index contributed by atoms with van der Waals surface area (Å²) in [5.74, 6) is -0.272. The molecule has 4 rings (SSSR count). The SMILES string of the molecule is CN(C1CCCCC1)S(=O)(=O)c1cccc(C(=O)NCC(c2ccccc2)N2CCOCC2)c1. The zero-order valence-electron chi connectivity index (χ0n) is 19.9. The first-order valence-corrected chi connectivity index (χ1v) is 13.6. The molecule has 1 amide bonds. The van der Waals surface area contributed by atoms with E-state index in [-0.39, 0.29) is 22.9 Å². The summed E-state index contributed by atoms with van der Waals surface area (Å²) in [5.41, 5.74) is 1.49. The van der Waals surface area contributed by atoms with E-state index in [1.54, 1.807) is 25.2 Å². The Bertz CT molecular complexity index is 1050. The largest absolute Gasteiger partial charge is 0.379 e. The molecule has 0 radical (unpaired) electrons. The van der Waals surface area contributed by atoms with Crippen molar-refractivity contribution in [3.8, 4) is 0 Å². The molecule has 1 N–H and O–H groups in total. The number of carbonyl (C=O) groups is 1. The highest BCUT2D eigenvalue weighted by Gasteiger charge is 2.29. The van der Waals surface area contributed by atoms with Crippen LogP contribution in [0.5, 0.6) is 0 Å². The second kappa shape index (κ2) is 11.4. The number of sulfonamides is 1. The third-order valence-electron chi connectivity index (χ3n) is 6.99. The van der Waals surface area contributed by atoms with Gasteiger partial charge in [-0.2, -0.15) is 4.31 Å². The lowest BCUT2D eigenvalue weighted by Crippen LogP contribution is -2.43. The number of benzene rings is 2. The molecule has 0 spiro atoms. The molecule has 1 heterocycles. The number of amides is 1. The Morgan fingerprint density at radius 1 is 1.06 bits per heavy atom. The van der Waals surface area contributed by atoms with Gasteiger partial charge in [0.1, 0.15) is 0 Å². The summed E-state index contributed by atoms with van der Waals surface area (Å²) in [4.78, 5) is 15.5. The van der Waals surface area contributed by atoms with Gasteiger partial charge < -0.3 is 10.1 Å². The van der Waals surface area contributed by atoms with E-state index in [2.05, 4.69) is 22.3 Å². The van der Waals surface area contributed by atoms with E-state index in [4.69, 9.17) is 4.74 Å². The number of nitrogens with zero attached hydrogens (tertiary/aromatic N) is 2. The van der Waals surface area contributed by atoms with E-state index in [1.807, 2.05) is 18.2 Å². The maximum Gasteiger partial charge on any atom is 0.251 e. The van der Waals surface area contributed by atoms with E-state index >= 15 is 0 Å². The maximum absolute atomic E-state index is 13.2. The topological polar surface area (TPSA) is 79.0 Å². The van der Waals surface area contributed by atoms with Gasteiger partial charge in [-0.3, -0.25) is 9.69 Å². The van der Waals surface area contributed by atoms with E-state index in [1.165, 1.54) is 10.4 Å². The van der Waals surface area contributed by atoms with Crippen molar-refractivity contribution >= 4 is 15.9 Å². The molecule has 8 heteroatoms. The van der Waals surface area contributed by atoms with E-state index in [0.29, 0.717) is 25.3 Å². The number of nitrogens with one attached hydrogen (secondary N) is 1. The second-order valence-corrected chi connectivity index (χ2v) is 11.1. The quantitative estimate of drug-likeness (QED) is 0.620. The molecular formula is C26H35N3O4S. The van der Waals surface area contributed by atoms with E-state index in [9.17, 15) is 13.2 Å². The molecule has 2 aliphatic rings. The van der Waals surface area contributed by atoms with Crippen LogP contribution in [0.25, 0.3) is 0 Å². The van der Waals surface area contributed by atoms with Gasteiger partial charge in [-0.25, -0.2) is 8.42 Å². The molecule has 2 aromatic rings. The van der Waals surface area contributed by atoms with Crippen molar-refractivity contribution in [3.05, 3.63) is 65.7 Å². The van der Waals surface area contributed by atoms with Crippen molar-refractivity contribution in [1.29, 1.82) is 0 Å². The first-order chi connectivity index (χ1) is 16.5. The van der Waals surface area contributed by atoms with Crippen LogP contribution >= 0.6 is 0 Å². The lowest BCUT2D eigenvalue weighted by molar-refractivity contribution is 0.0162. The zero-order chi connectivity index (χ0) is 24.0. The molecule has 1 unspecified atom stereocenters. The summed E-state index contributed by atoms with van der Waals surface area (Å²) in [7, 11) is -2.00. The number of hydrogen-bond acceptors (Lipinski definition) is 5. The molecule has 0 aromatic heterocycles. The highest BCUT2D eigenvalue weighted by atomic mass is 32.2. The van der Waals surface area contributed by atoms with Crippen molar-refractivity contribution in [2.45, 2.75) is 49.1 Å². The second-order valence-electron chi connectivity index (χ2n) is 9.13. The van der Waals surface area contributed by atoms with Crippen molar-refractivity contribution in [1.82, 2.24) is 14.5 Å². The Labute approximate surface area is 203 Å². The van der Waals surface area contributed by atoms with Crippen LogP contribution in [0, 0.1) is 0 Å². The Hall–Kier alpha value is -2.26. The van der Waals surface area contributed by atoms with Crippen LogP contribution in [-0.4, -0.2) is 69.5 Å². The fourth-order valence-electron chi connectivity index (χ4n) is 4.92. The lowest BCUT2D eigenvalue weighted by atomic mass is 9.96. The van der Waals surface area contributed by atoms with Crippen molar-refractivity contribution < 1.29 is 17.9 Å². The van der Waals surface area contributed by atoms with Gasteiger partial charge in [0.2, 0.25) is 10.0 Å². The Morgan fingerprint density at radius 2 is 1.76 bits per heavy atom. The highest BCUT2D eigenvalue weighted by molar-refractivity contribution is 7.89. The van der Waals surface area contributed by atoms with Crippen LogP contribution in [0.1, 0.15) is 54.1 Å². The van der Waals surface area contributed by atoms with Crippen LogP contribution in [0.4, 0.5) is 0 Å². The number of morpholine rings is 1. The summed E-state index contributed by atoms with van der Waals surface area (Å²) in [6.07, 6.45) is 5.04. The number of hydrogen-bond donors (Lipinski definition) is 1. The summed E-state index contributed by atoms with van der Waals surface area (Å²) in [6, 6.07) is 16.6.